The second-order valence-electron chi connectivity index (χ2n) is 4.04. The standard InChI is InChI=1S/C11H23NO/c1-3-10(4-2)12-8-6-5-7-11(12)9-13/h10-11,13H,3-9H2,1-2H3. The molecule has 1 rings (SSSR count). The van der Waals surface area contributed by atoms with Crippen LogP contribution in [-0.2, 0) is 0 Å². The fraction of sp³-hybridized carbons (Fsp3) is 1.00. The Balaban J connectivity index is 2.51. The highest BCUT2D eigenvalue weighted by atomic mass is 16.3. The third-order valence-corrected chi connectivity index (χ3v) is 3.29. The number of piperidine rings is 1. The topological polar surface area (TPSA) is 23.5 Å². The molecule has 1 saturated heterocycles. The van der Waals surface area contributed by atoms with Crippen molar-refractivity contribution in [2.75, 3.05) is 13.2 Å². The Morgan fingerprint density at radius 2 is 2.00 bits per heavy atom. The van der Waals surface area contributed by atoms with E-state index in [-0.39, 0.29) is 0 Å². The monoisotopic (exact) mass is 185 g/mol. The van der Waals surface area contributed by atoms with E-state index in [1.165, 1.54) is 38.6 Å². The summed E-state index contributed by atoms with van der Waals surface area (Å²) in [6.07, 6.45) is 6.22. The summed E-state index contributed by atoms with van der Waals surface area (Å²) in [6, 6.07) is 1.14. The van der Waals surface area contributed by atoms with Crippen LogP contribution in [0.3, 0.4) is 0 Å². The molecule has 0 spiro atoms. The maximum Gasteiger partial charge on any atom is 0.0586 e. The van der Waals surface area contributed by atoms with Gasteiger partial charge in [0.15, 0.2) is 0 Å². The average Bonchev–Trinajstić information content (AvgIpc) is 2.20. The van der Waals surface area contributed by atoms with E-state index in [0.717, 1.165) is 0 Å². The van der Waals surface area contributed by atoms with Gasteiger partial charge in [-0.2, -0.15) is 0 Å². The molecule has 0 aliphatic carbocycles. The van der Waals surface area contributed by atoms with Crippen LogP contribution < -0.4 is 0 Å². The Morgan fingerprint density at radius 1 is 1.31 bits per heavy atom. The molecule has 1 atom stereocenters. The number of aliphatic hydroxyl groups is 1. The van der Waals surface area contributed by atoms with E-state index in [9.17, 15) is 5.11 Å². The molecule has 0 saturated carbocycles. The molecule has 1 N–H and O–H groups in total. The second-order valence-corrected chi connectivity index (χ2v) is 4.04. The van der Waals surface area contributed by atoms with E-state index in [1.54, 1.807) is 0 Å². The molecule has 1 fully saturated rings. The van der Waals surface area contributed by atoms with Gasteiger partial charge in [0.05, 0.1) is 6.61 Å². The molecule has 0 aromatic heterocycles. The molecule has 0 bridgehead atoms. The van der Waals surface area contributed by atoms with Crippen molar-refractivity contribution >= 4 is 0 Å². The lowest BCUT2D eigenvalue weighted by Crippen LogP contribution is -2.47. The van der Waals surface area contributed by atoms with Crippen LogP contribution in [0.5, 0.6) is 0 Å². The maximum absolute atomic E-state index is 9.26. The molecular formula is C11H23NO. The van der Waals surface area contributed by atoms with Crippen molar-refractivity contribution in [2.45, 2.75) is 58.0 Å². The summed E-state index contributed by atoms with van der Waals surface area (Å²) in [5.41, 5.74) is 0. The average molecular weight is 185 g/mol. The minimum atomic E-state index is 0.344. The molecule has 0 aromatic rings. The zero-order valence-electron chi connectivity index (χ0n) is 9.00. The summed E-state index contributed by atoms with van der Waals surface area (Å²) >= 11 is 0. The first kappa shape index (κ1) is 11.0. The zero-order chi connectivity index (χ0) is 9.68. The molecule has 2 nitrogen and oxygen atoms in total. The summed E-state index contributed by atoms with van der Waals surface area (Å²) in [5.74, 6) is 0. The Morgan fingerprint density at radius 3 is 2.54 bits per heavy atom. The zero-order valence-corrected chi connectivity index (χ0v) is 9.00. The Labute approximate surface area is 81.9 Å². The van der Waals surface area contributed by atoms with Gasteiger partial charge in [0, 0.05) is 12.1 Å². The van der Waals surface area contributed by atoms with Crippen molar-refractivity contribution in [3.8, 4) is 0 Å². The van der Waals surface area contributed by atoms with Crippen molar-refractivity contribution in [1.82, 2.24) is 4.90 Å². The van der Waals surface area contributed by atoms with E-state index in [0.29, 0.717) is 18.7 Å². The van der Waals surface area contributed by atoms with Crippen LogP contribution in [0, 0.1) is 0 Å². The molecule has 78 valence electrons. The highest BCUT2D eigenvalue weighted by molar-refractivity contribution is 4.81. The highest BCUT2D eigenvalue weighted by Gasteiger charge is 2.25. The highest BCUT2D eigenvalue weighted by Crippen LogP contribution is 2.21. The smallest absolute Gasteiger partial charge is 0.0586 e. The predicted octanol–water partition coefficient (Wildman–Crippen LogP) is 2.02. The summed E-state index contributed by atoms with van der Waals surface area (Å²) in [6.45, 7) is 6.03. The van der Waals surface area contributed by atoms with Gasteiger partial charge in [-0.15, -0.1) is 0 Å². The lowest BCUT2D eigenvalue weighted by molar-refractivity contribution is 0.0498. The van der Waals surface area contributed by atoms with E-state index in [4.69, 9.17) is 0 Å². The summed E-state index contributed by atoms with van der Waals surface area (Å²) in [7, 11) is 0. The first-order valence-corrected chi connectivity index (χ1v) is 5.70. The SMILES string of the molecule is CCC(CC)N1CCCCC1CO. The van der Waals surface area contributed by atoms with Crippen LogP contribution in [0.2, 0.25) is 0 Å². The van der Waals surface area contributed by atoms with Crippen LogP contribution in [0.1, 0.15) is 46.0 Å². The summed E-state index contributed by atoms with van der Waals surface area (Å²) < 4.78 is 0. The molecule has 1 aliphatic rings. The van der Waals surface area contributed by atoms with Crippen molar-refractivity contribution in [1.29, 1.82) is 0 Å². The lowest BCUT2D eigenvalue weighted by atomic mass is 9.98. The van der Waals surface area contributed by atoms with Crippen molar-refractivity contribution in [3.63, 3.8) is 0 Å². The Kier molecular flexibility index (Phi) is 4.74. The fourth-order valence-electron chi connectivity index (χ4n) is 2.46. The van der Waals surface area contributed by atoms with Crippen LogP contribution in [0.4, 0.5) is 0 Å². The van der Waals surface area contributed by atoms with E-state index < -0.39 is 0 Å². The van der Waals surface area contributed by atoms with E-state index >= 15 is 0 Å². The van der Waals surface area contributed by atoms with Crippen molar-refractivity contribution in [2.24, 2.45) is 0 Å². The second kappa shape index (κ2) is 5.61. The van der Waals surface area contributed by atoms with E-state index in [1.807, 2.05) is 0 Å². The minimum Gasteiger partial charge on any atom is -0.395 e. The number of rotatable bonds is 4. The van der Waals surface area contributed by atoms with Gasteiger partial charge in [-0.3, -0.25) is 4.90 Å². The normalized spacial score (nSPS) is 25.4. The predicted molar refractivity (Wildman–Crippen MR) is 55.8 cm³/mol. The Bertz CT molecular complexity index is 127. The first-order chi connectivity index (χ1) is 6.33. The number of likely N-dealkylation sites (tertiary alicyclic amines) is 1. The van der Waals surface area contributed by atoms with Gasteiger partial charge in [-0.1, -0.05) is 20.3 Å². The van der Waals surface area contributed by atoms with Gasteiger partial charge >= 0.3 is 0 Å². The minimum absolute atomic E-state index is 0.344. The van der Waals surface area contributed by atoms with Crippen LogP contribution in [-0.4, -0.2) is 35.2 Å². The Hall–Kier alpha value is -0.0800. The summed E-state index contributed by atoms with van der Waals surface area (Å²) in [5, 5.41) is 9.26. The van der Waals surface area contributed by atoms with Crippen molar-refractivity contribution in [3.05, 3.63) is 0 Å². The molecule has 1 aliphatic heterocycles. The van der Waals surface area contributed by atoms with Gasteiger partial charge in [0.25, 0.3) is 0 Å². The van der Waals surface area contributed by atoms with Crippen LogP contribution in [0.15, 0.2) is 0 Å². The molecule has 13 heavy (non-hydrogen) atoms. The molecule has 2 heteroatoms. The molecule has 0 radical (unpaired) electrons. The number of nitrogens with zero attached hydrogens (tertiary/aromatic N) is 1. The van der Waals surface area contributed by atoms with Gasteiger partial charge < -0.3 is 5.11 Å². The van der Waals surface area contributed by atoms with Gasteiger partial charge in [0.2, 0.25) is 0 Å². The fourth-order valence-corrected chi connectivity index (χ4v) is 2.46. The van der Waals surface area contributed by atoms with Crippen LogP contribution in [0.25, 0.3) is 0 Å². The lowest BCUT2D eigenvalue weighted by Gasteiger charge is -2.39. The van der Waals surface area contributed by atoms with E-state index in [2.05, 4.69) is 18.7 Å². The van der Waals surface area contributed by atoms with Gasteiger partial charge in [-0.25, -0.2) is 0 Å². The third-order valence-electron chi connectivity index (χ3n) is 3.29. The largest absolute Gasteiger partial charge is 0.395 e. The molecule has 1 unspecified atom stereocenters. The van der Waals surface area contributed by atoms with Gasteiger partial charge in [0.1, 0.15) is 0 Å². The quantitative estimate of drug-likeness (QED) is 0.724. The maximum atomic E-state index is 9.26. The number of hydrogen-bond donors (Lipinski definition) is 1. The molecule has 0 aromatic carbocycles. The molecular weight excluding hydrogens is 162 g/mol. The third kappa shape index (κ3) is 2.68. The van der Waals surface area contributed by atoms with Crippen LogP contribution >= 0.6 is 0 Å². The first-order valence-electron chi connectivity index (χ1n) is 5.70. The number of hydrogen-bond acceptors (Lipinski definition) is 2. The van der Waals surface area contributed by atoms with Gasteiger partial charge in [-0.05, 0) is 32.2 Å². The summed E-state index contributed by atoms with van der Waals surface area (Å²) in [4.78, 5) is 2.52. The number of aliphatic hydroxyl groups excluding tert-OH is 1. The molecule has 1 heterocycles. The molecule has 0 amide bonds. The van der Waals surface area contributed by atoms with Crippen molar-refractivity contribution < 1.29 is 5.11 Å².